The van der Waals surface area contributed by atoms with E-state index in [0.29, 0.717) is 22.8 Å². The number of aliphatic hydroxyl groups excluding tert-OH is 1. The van der Waals surface area contributed by atoms with Gasteiger partial charge < -0.3 is 10.4 Å². The predicted octanol–water partition coefficient (Wildman–Crippen LogP) is 2.64. The zero-order chi connectivity index (χ0) is 12.1. The summed E-state index contributed by atoms with van der Waals surface area (Å²) in [5.41, 5.74) is 1.19. The summed E-state index contributed by atoms with van der Waals surface area (Å²) in [6, 6.07) is 7.12. The second-order valence-electron chi connectivity index (χ2n) is 3.99. The molecule has 0 aliphatic heterocycles. The van der Waals surface area contributed by atoms with Gasteiger partial charge in [0.15, 0.2) is 0 Å². The summed E-state index contributed by atoms with van der Waals surface area (Å²) < 4.78 is 0. The molecule has 0 spiro atoms. The summed E-state index contributed by atoms with van der Waals surface area (Å²) in [7, 11) is 0. The first-order valence-corrected chi connectivity index (χ1v) is 5.54. The highest BCUT2D eigenvalue weighted by Crippen LogP contribution is 2.20. The van der Waals surface area contributed by atoms with Crippen molar-refractivity contribution in [2.24, 2.45) is 5.92 Å². The normalized spacial score (nSPS) is 12.2. The second-order valence-corrected chi connectivity index (χ2v) is 4.43. The molecule has 0 aromatic heterocycles. The number of nitrogens with one attached hydrogen (secondary N) is 1. The zero-order valence-corrected chi connectivity index (χ0v) is 10.1. The Hall–Kier alpha value is -1.24. The Kier molecular flexibility index (Phi) is 4.60. The second kappa shape index (κ2) is 5.74. The standard InChI is InChI=1S/C12H15ClN2O/c1-8(2)12(16)7-15-11-4-3-10(13)5-9(11)6-14/h3-5,8,12,15-16H,7H2,1-2H3. The Morgan fingerprint density at radius 2 is 2.19 bits per heavy atom. The summed E-state index contributed by atoms with van der Waals surface area (Å²) in [6.45, 7) is 4.31. The number of anilines is 1. The van der Waals surface area contributed by atoms with Crippen LogP contribution in [0.1, 0.15) is 19.4 Å². The van der Waals surface area contributed by atoms with Crippen molar-refractivity contribution in [3.8, 4) is 6.07 Å². The van der Waals surface area contributed by atoms with E-state index in [1.54, 1.807) is 18.2 Å². The Morgan fingerprint density at radius 3 is 2.75 bits per heavy atom. The molecule has 0 radical (unpaired) electrons. The van der Waals surface area contributed by atoms with Crippen molar-refractivity contribution in [3.63, 3.8) is 0 Å². The van der Waals surface area contributed by atoms with Gasteiger partial charge in [-0.05, 0) is 24.1 Å². The summed E-state index contributed by atoms with van der Waals surface area (Å²) in [4.78, 5) is 0. The molecule has 1 aromatic rings. The van der Waals surface area contributed by atoms with E-state index < -0.39 is 6.10 Å². The quantitative estimate of drug-likeness (QED) is 0.848. The van der Waals surface area contributed by atoms with E-state index >= 15 is 0 Å². The molecule has 16 heavy (non-hydrogen) atoms. The molecule has 0 bridgehead atoms. The van der Waals surface area contributed by atoms with Gasteiger partial charge in [0.05, 0.1) is 17.4 Å². The van der Waals surface area contributed by atoms with Crippen molar-refractivity contribution >= 4 is 17.3 Å². The molecule has 1 aromatic carbocycles. The van der Waals surface area contributed by atoms with Crippen molar-refractivity contribution in [1.82, 2.24) is 0 Å². The molecule has 2 N–H and O–H groups in total. The molecule has 1 unspecified atom stereocenters. The topological polar surface area (TPSA) is 56.0 Å². The maximum Gasteiger partial charge on any atom is 0.101 e. The van der Waals surface area contributed by atoms with Crippen LogP contribution >= 0.6 is 11.6 Å². The molecule has 4 heteroatoms. The van der Waals surface area contributed by atoms with Crippen LogP contribution in [-0.2, 0) is 0 Å². The van der Waals surface area contributed by atoms with Crippen LogP contribution in [0.5, 0.6) is 0 Å². The Morgan fingerprint density at radius 1 is 1.50 bits per heavy atom. The van der Waals surface area contributed by atoms with E-state index in [0.717, 1.165) is 0 Å². The van der Waals surface area contributed by atoms with E-state index in [1.807, 2.05) is 13.8 Å². The van der Waals surface area contributed by atoms with Gasteiger partial charge in [-0.25, -0.2) is 0 Å². The third kappa shape index (κ3) is 3.41. The number of rotatable bonds is 4. The monoisotopic (exact) mass is 238 g/mol. The highest BCUT2D eigenvalue weighted by Gasteiger charge is 2.10. The van der Waals surface area contributed by atoms with Crippen molar-refractivity contribution in [3.05, 3.63) is 28.8 Å². The molecule has 1 atom stereocenters. The van der Waals surface area contributed by atoms with Crippen molar-refractivity contribution in [2.45, 2.75) is 20.0 Å². The maximum atomic E-state index is 9.63. The molecule has 86 valence electrons. The van der Waals surface area contributed by atoms with Gasteiger partial charge in [0.1, 0.15) is 6.07 Å². The van der Waals surface area contributed by atoms with Gasteiger partial charge >= 0.3 is 0 Å². The lowest BCUT2D eigenvalue weighted by Gasteiger charge is -2.16. The highest BCUT2D eigenvalue weighted by molar-refractivity contribution is 6.30. The Bertz CT molecular complexity index is 398. The third-order valence-corrected chi connectivity index (χ3v) is 2.61. The van der Waals surface area contributed by atoms with Crippen LogP contribution in [-0.4, -0.2) is 17.8 Å². The van der Waals surface area contributed by atoms with E-state index in [-0.39, 0.29) is 5.92 Å². The van der Waals surface area contributed by atoms with E-state index in [2.05, 4.69) is 11.4 Å². The van der Waals surface area contributed by atoms with Crippen LogP contribution < -0.4 is 5.32 Å². The lowest BCUT2D eigenvalue weighted by atomic mass is 10.1. The molecule has 0 aliphatic rings. The number of hydrogen-bond acceptors (Lipinski definition) is 3. The van der Waals surface area contributed by atoms with Gasteiger partial charge in [0.2, 0.25) is 0 Å². The Balaban J connectivity index is 2.71. The maximum absolute atomic E-state index is 9.63. The Labute approximate surface area is 101 Å². The summed E-state index contributed by atoms with van der Waals surface area (Å²) in [5, 5.41) is 22.1. The summed E-state index contributed by atoms with van der Waals surface area (Å²) >= 11 is 5.78. The molecule has 0 fully saturated rings. The lowest BCUT2D eigenvalue weighted by molar-refractivity contribution is 0.138. The van der Waals surface area contributed by atoms with Crippen molar-refractivity contribution < 1.29 is 5.11 Å². The van der Waals surface area contributed by atoms with Crippen molar-refractivity contribution in [1.29, 1.82) is 5.26 Å². The third-order valence-electron chi connectivity index (χ3n) is 2.37. The van der Waals surface area contributed by atoms with E-state index in [9.17, 15) is 5.11 Å². The van der Waals surface area contributed by atoms with Gasteiger partial charge in [0.25, 0.3) is 0 Å². The molecule has 0 saturated heterocycles. The van der Waals surface area contributed by atoms with Gasteiger partial charge in [-0.2, -0.15) is 5.26 Å². The van der Waals surface area contributed by atoms with E-state index in [1.165, 1.54) is 0 Å². The first-order valence-electron chi connectivity index (χ1n) is 5.16. The molecular weight excluding hydrogens is 224 g/mol. The molecule has 3 nitrogen and oxygen atoms in total. The lowest BCUT2D eigenvalue weighted by Crippen LogP contribution is -2.25. The van der Waals surface area contributed by atoms with Crippen LogP contribution in [0.2, 0.25) is 5.02 Å². The first-order chi connectivity index (χ1) is 7.54. The number of benzene rings is 1. The smallest absolute Gasteiger partial charge is 0.101 e. The largest absolute Gasteiger partial charge is 0.391 e. The van der Waals surface area contributed by atoms with Crippen LogP contribution in [0.25, 0.3) is 0 Å². The molecule has 0 amide bonds. The average molecular weight is 239 g/mol. The van der Waals surface area contributed by atoms with Gasteiger partial charge in [-0.15, -0.1) is 0 Å². The molecule has 0 saturated carbocycles. The number of nitriles is 1. The fourth-order valence-corrected chi connectivity index (χ4v) is 1.39. The van der Waals surface area contributed by atoms with Crippen LogP contribution in [0, 0.1) is 17.2 Å². The summed E-state index contributed by atoms with van der Waals surface area (Å²) in [6.07, 6.45) is -0.428. The molecular formula is C12H15ClN2O. The minimum atomic E-state index is -0.428. The first kappa shape index (κ1) is 12.8. The van der Waals surface area contributed by atoms with Crippen LogP contribution in [0.4, 0.5) is 5.69 Å². The molecule has 0 heterocycles. The minimum Gasteiger partial charge on any atom is -0.391 e. The van der Waals surface area contributed by atoms with Gasteiger partial charge in [-0.3, -0.25) is 0 Å². The van der Waals surface area contributed by atoms with Crippen LogP contribution in [0.3, 0.4) is 0 Å². The van der Waals surface area contributed by atoms with E-state index in [4.69, 9.17) is 16.9 Å². The summed E-state index contributed by atoms with van der Waals surface area (Å²) in [5.74, 6) is 0.185. The molecule has 1 rings (SSSR count). The molecule has 0 aliphatic carbocycles. The number of nitrogens with zero attached hydrogens (tertiary/aromatic N) is 1. The SMILES string of the molecule is CC(C)C(O)CNc1ccc(Cl)cc1C#N. The number of aliphatic hydroxyl groups is 1. The predicted molar refractivity (Wildman–Crippen MR) is 65.5 cm³/mol. The number of hydrogen-bond donors (Lipinski definition) is 2. The van der Waals surface area contributed by atoms with Gasteiger partial charge in [-0.1, -0.05) is 25.4 Å². The fourth-order valence-electron chi connectivity index (χ4n) is 1.21. The van der Waals surface area contributed by atoms with Gasteiger partial charge in [0, 0.05) is 11.6 Å². The van der Waals surface area contributed by atoms with Crippen molar-refractivity contribution in [2.75, 3.05) is 11.9 Å². The number of halogens is 1. The minimum absolute atomic E-state index is 0.185. The highest BCUT2D eigenvalue weighted by atomic mass is 35.5. The zero-order valence-electron chi connectivity index (χ0n) is 9.37. The fraction of sp³-hybridized carbons (Fsp3) is 0.417. The average Bonchev–Trinajstić information content (AvgIpc) is 2.26. The van der Waals surface area contributed by atoms with Crippen LogP contribution in [0.15, 0.2) is 18.2 Å².